The van der Waals surface area contributed by atoms with Crippen LogP contribution in [0.15, 0.2) is 22.7 Å². The number of hydrogen-bond acceptors (Lipinski definition) is 2. The van der Waals surface area contributed by atoms with Crippen molar-refractivity contribution in [2.75, 3.05) is 20.1 Å². The fourth-order valence-electron chi connectivity index (χ4n) is 2.28. The van der Waals surface area contributed by atoms with Crippen molar-refractivity contribution in [1.29, 1.82) is 0 Å². The molecule has 1 aliphatic carbocycles. The topological polar surface area (TPSA) is 29.3 Å². The number of nitrogens with two attached hydrogens (primary N) is 1. The molecule has 0 saturated heterocycles. The SMILES string of the molecule is Cc1ccc(C(CN)N(C)CC2CC2)c(Br)c1. The standard InChI is InChI=1S/C14H21BrN2/c1-10-3-6-12(13(15)7-10)14(8-16)17(2)9-11-4-5-11/h3,6-7,11,14H,4-5,8-9,16H2,1-2H3. The van der Waals surface area contributed by atoms with Gasteiger partial charge in [0.15, 0.2) is 0 Å². The molecule has 2 nitrogen and oxygen atoms in total. The van der Waals surface area contributed by atoms with Crippen LogP contribution in [0.25, 0.3) is 0 Å². The van der Waals surface area contributed by atoms with Gasteiger partial charge in [0.25, 0.3) is 0 Å². The van der Waals surface area contributed by atoms with Crippen molar-refractivity contribution in [3.63, 3.8) is 0 Å². The van der Waals surface area contributed by atoms with Gasteiger partial charge >= 0.3 is 0 Å². The number of hydrogen-bond donors (Lipinski definition) is 1. The molecule has 17 heavy (non-hydrogen) atoms. The largest absolute Gasteiger partial charge is 0.329 e. The second-order valence-electron chi connectivity index (χ2n) is 5.16. The fourth-order valence-corrected chi connectivity index (χ4v) is 3.04. The Hall–Kier alpha value is -0.380. The van der Waals surface area contributed by atoms with Crippen LogP contribution in [0.4, 0.5) is 0 Å². The molecular weight excluding hydrogens is 276 g/mol. The van der Waals surface area contributed by atoms with E-state index in [0.717, 1.165) is 5.92 Å². The van der Waals surface area contributed by atoms with Crippen LogP contribution in [-0.4, -0.2) is 25.0 Å². The first kappa shape index (κ1) is 13.1. The van der Waals surface area contributed by atoms with Crippen LogP contribution in [0.5, 0.6) is 0 Å². The van der Waals surface area contributed by atoms with Gasteiger partial charge in [-0.2, -0.15) is 0 Å². The third-order valence-electron chi connectivity index (χ3n) is 3.51. The van der Waals surface area contributed by atoms with Crippen LogP contribution in [0.3, 0.4) is 0 Å². The zero-order valence-corrected chi connectivity index (χ0v) is 12.2. The molecule has 1 aromatic carbocycles. The van der Waals surface area contributed by atoms with Crippen LogP contribution in [0.1, 0.15) is 30.0 Å². The van der Waals surface area contributed by atoms with E-state index in [0.29, 0.717) is 12.6 Å². The minimum Gasteiger partial charge on any atom is -0.329 e. The van der Waals surface area contributed by atoms with Gasteiger partial charge in [0.1, 0.15) is 0 Å². The molecular formula is C14H21BrN2. The van der Waals surface area contributed by atoms with E-state index in [9.17, 15) is 0 Å². The smallest absolute Gasteiger partial charge is 0.0478 e. The van der Waals surface area contributed by atoms with Crippen molar-refractivity contribution in [2.45, 2.75) is 25.8 Å². The second kappa shape index (κ2) is 5.51. The van der Waals surface area contributed by atoms with Crippen molar-refractivity contribution in [1.82, 2.24) is 4.90 Å². The van der Waals surface area contributed by atoms with Crippen LogP contribution < -0.4 is 5.73 Å². The molecule has 1 unspecified atom stereocenters. The number of nitrogens with zero attached hydrogens (tertiary/aromatic N) is 1. The van der Waals surface area contributed by atoms with Gasteiger partial charge in [-0.3, -0.25) is 4.90 Å². The Bertz CT molecular complexity index is 388. The fraction of sp³-hybridized carbons (Fsp3) is 0.571. The summed E-state index contributed by atoms with van der Waals surface area (Å²) in [5.41, 5.74) is 8.53. The highest BCUT2D eigenvalue weighted by molar-refractivity contribution is 9.10. The minimum atomic E-state index is 0.325. The van der Waals surface area contributed by atoms with Gasteiger partial charge in [0.05, 0.1) is 0 Å². The predicted molar refractivity (Wildman–Crippen MR) is 76.0 cm³/mol. The summed E-state index contributed by atoms with van der Waals surface area (Å²) in [5, 5.41) is 0. The maximum Gasteiger partial charge on any atom is 0.0478 e. The first-order valence-corrected chi connectivity index (χ1v) is 7.07. The van der Waals surface area contributed by atoms with Gasteiger partial charge in [0.2, 0.25) is 0 Å². The van der Waals surface area contributed by atoms with E-state index < -0.39 is 0 Å². The van der Waals surface area contributed by atoms with Gasteiger partial charge in [-0.05, 0) is 49.9 Å². The molecule has 0 heterocycles. The normalized spacial score (nSPS) is 17.5. The number of halogens is 1. The van der Waals surface area contributed by atoms with Crippen molar-refractivity contribution < 1.29 is 0 Å². The summed E-state index contributed by atoms with van der Waals surface area (Å²) in [6.45, 7) is 3.95. The van der Waals surface area contributed by atoms with E-state index in [1.165, 1.54) is 35.0 Å². The average Bonchev–Trinajstić information content (AvgIpc) is 3.06. The number of rotatable bonds is 5. The summed E-state index contributed by atoms with van der Waals surface area (Å²) in [6, 6.07) is 6.85. The van der Waals surface area contributed by atoms with E-state index in [4.69, 9.17) is 5.73 Å². The Balaban J connectivity index is 2.14. The van der Waals surface area contributed by atoms with E-state index in [-0.39, 0.29) is 0 Å². The Kier molecular flexibility index (Phi) is 4.23. The number of benzene rings is 1. The molecule has 0 aliphatic heterocycles. The first-order chi connectivity index (χ1) is 8.11. The van der Waals surface area contributed by atoms with Crippen LogP contribution >= 0.6 is 15.9 Å². The highest BCUT2D eigenvalue weighted by Crippen LogP contribution is 2.33. The molecule has 0 amide bonds. The first-order valence-electron chi connectivity index (χ1n) is 6.28. The average molecular weight is 297 g/mol. The summed E-state index contributed by atoms with van der Waals surface area (Å²) in [5.74, 6) is 0.901. The lowest BCUT2D eigenvalue weighted by molar-refractivity contribution is 0.239. The van der Waals surface area contributed by atoms with Gasteiger partial charge in [-0.25, -0.2) is 0 Å². The number of likely N-dealkylation sites (N-methyl/N-ethyl adjacent to an activating group) is 1. The summed E-state index contributed by atoms with van der Waals surface area (Å²) in [6.07, 6.45) is 2.77. The summed E-state index contributed by atoms with van der Waals surface area (Å²) < 4.78 is 1.18. The maximum absolute atomic E-state index is 5.95. The molecule has 0 radical (unpaired) electrons. The second-order valence-corrected chi connectivity index (χ2v) is 6.01. The Morgan fingerprint density at radius 3 is 2.71 bits per heavy atom. The summed E-state index contributed by atoms with van der Waals surface area (Å²) in [4.78, 5) is 2.40. The lowest BCUT2D eigenvalue weighted by Gasteiger charge is -2.28. The van der Waals surface area contributed by atoms with Crippen molar-refractivity contribution in [2.24, 2.45) is 11.7 Å². The van der Waals surface area contributed by atoms with Crippen LogP contribution in [0.2, 0.25) is 0 Å². The molecule has 0 spiro atoms. The highest BCUT2D eigenvalue weighted by atomic mass is 79.9. The van der Waals surface area contributed by atoms with Crippen LogP contribution in [-0.2, 0) is 0 Å². The summed E-state index contributed by atoms with van der Waals surface area (Å²) in [7, 11) is 2.18. The summed E-state index contributed by atoms with van der Waals surface area (Å²) >= 11 is 3.66. The van der Waals surface area contributed by atoms with Crippen molar-refractivity contribution in [3.05, 3.63) is 33.8 Å². The molecule has 1 aromatic rings. The minimum absolute atomic E-state index is 0.325. The molecule has 1 aliphatic rings. The third-order valence-corrected chi connectivity index (χ3v) is 4.20. The highest BCUT2D eigenvalue weighted by Gasteiger charge is 2.26. The zero-order valence-electron chi connectivity index (χ0n) is 10.6. The number of aryl methyl sites for hydroxylation is 1. The molecule has 1 fully saturated rings. The lowest BCUT2D eigenvalue weighted by atomic mass is 10.0. The van der Waals surface area contributed by atoms with E-state index in [2.05, 4.69) is 53.0 Å². The lowest BCUT2D eigenvalue weighted by Crippen LogP contribution is -2.32. The molecule has 2 N–H and O–H groups in total. The predicted octanol–water partition coefficient (Wildman–Crippen LogP) is 3.10. The third kappa shape index (κ3) is 3.30. The molecule has 94 valence electrons. The monoisotopic (exact) mass is 296 g/mol. The quantitative estimate of drug-likeness (QED) is 0.905. The molecule has 1 atom stereocenters. The van der Waals surface area contributed by atoms with Crippen LogP contribution in [0, 0.1) is 12.8 Å². The van der Waals surface area contributed by atoms with Gasteiger partial charge in [0, 0.05) is 23.6 Å². The van der Waals surface area contributed by atoms with E-state index in [1.807, 2.05) is 0 Å². The Morgan fingerprint density at radius 1 is 1.47 bits per heavy atom. The Labute approximate surface area is 112 Å². The molecule has 0 bridgehead atoms. The maximum atomic E-state index is 5.95. The van der Waals surface area contributed by atoms with Gasteiger partial charge in [-0.1, -0.05) is 28.1 Å². The van der Waals surface area contributed by atoms with Gasteiger partial charge in [-0.15, -0.1) is 0 Å². The molecule has 3 heteroatoms. The van der Waals surface area contributed by atoms with E-state index >= 15 is 0 Å². The Morgan fingerprint density at radius 2 is 2.18 bits per heavy atom. The molecule has 0 aromatic heterocycles. The zero-order chi connectivity index (χ0) is 12.4. The molecule has 1 saturated carbocycles. The van der Waals surface area contributed by atoms with E-state index in [1.54, 1.807) is 0 Å². The van der Waals surface area contributed by atoms with Crippen molar-refractivity contribution >= 4 is 15.9 Å². The van der Waals surface area contributed by atoms with Crippen molar-refractivity contribution in [3.8, 4) is 0 Å². The molecule has 2 rings (SSSR count). The van der Waals surface area contributed by atoms with Gasteiger partial charge < -0.3 is 5.73 Å².